The number of rotatable bonds is 11. The van der Waals surface area contributed by atoms with Gasteiger partial charge in [0.05, 0.1) is 21.3 Å². The number of aromatic amines is 1. The van der Waals surface area contributed by atoms with Gasteiger partial charge in [0.1, 0.15) is 5.75 Å². The van der Waals surface area contributed by atoms with E-state index in [-0.39, 0.29) is 11.8 Å². The molecule has 6 heteroatoms. The number of hydrogen-bond acceptors (Lipinski definition) is 4. The molecule has 2 N–H and O–H groups in total. The summed E-state index contributed by atoms with van der Waals surface area (Å²) in [5.74, 6) is 2.05. The zero-order valence-electron chi connectivity index (χ0n) is 21.4. The van der Waals surface area contributed by atoms with Crippen molar-refractivity contribution in [3.05, 3.63) is 89.1 Å². The molecule has 0 spiro atoms. The third-order valence-corrected chi connectivity index (χ3v) is 6.66. The molecule has 188 valence electrons. The molecule has 6 nitrogen and oxygen atoms in total. The zero-order valence-corrected chi connectivity index (χ0v) is 21.4. The molecule has 0 saturated heterocycles. The van der Waals surface area contributed by atoms with Gasteiger partial charge in [-0.3, -0.25) is 4.79 Å². The van der Waals surface area contributed by atoms with E-state index in [2.05, 4.69) is 41.5 Å². The van der Waals surface area contributed by atoms with E-state index in [1.165, 1.54) is 5.56 Å². The number of hydrogen-bond donors (Lipinski definition) is 2. The largest absolute Gasteiger partial charge is 0.497 e. The predicted octanol–water partition coefficient (Wildman–Crippen LogP) is 5.64. The Kier molecular flexibility index (Phi) is 8.16. The lowest BCUT2D eigenvalue weighted by Crippen LogP contribution is -2.27. The van der Waals surface area contributed by atoms with Crippen LogP contribution in [0.15, 0.2) is 66.9 Å². The fourth-order valence-electron chi connectivity index (χ4n) is 4.73. The van der Waals surface area contributed by atoms with Crippen molar-refractivity contribution in [3.8, 4) is 17.2 Å². The summed E-state index contributed by atoms with van der Waals surface area (Å²) in [6.07, 6.45) is 4.02. The van der Waals surface area contributed by atoms with Gasteiger partial charge in [-0.25, -0.2) is 0 Å². The highest BCUT2D eigenvalue weighted by atomic mass is 16.5. The Balaban J connectivity index is 1.53. The van der Waals surface area contributed by atoms with E-state index in [1.54, 1.807) is 21.3 Å². The van der Waals surface area contributed by atoms with Gasteiger partial charge in [-0.05, 0) is 59.4 Å². The maximum Gasteiger partial charge on any atom is 0.220 e. The highest BCUT2D eigenvalue weighted by Crippen LogP contribution is 2.36. The van der Waals surface area contributed by atoms with Crippen LogP contribution in [0.1, 0.15) is 41.5 Å². The first kappa shape index (κ1) is 25.2. The van der Waals surface area contributed by atoms with Crippen molar-refractivity contribution < 1.29 is 19.0 Å². The van der Waals surface area contributed by atoms with Crippen LogP contribution in [0.4, 0.5) is 0 Å². The number of nitrogens with one attached hydrogen (secondary N) is 2. The monoisotopic (exact) mass is 486 g/mol. The van der Waals surface area contributed by atoms with Crippen LogP contribution >= 0.6 is 0 Å². The second-order valence-corrected chi connectivity index (χ2v) is 8.76. The van der Waals surface area contributed by atoms with E-state index in [4.69, 9.17) is 14.2 Å². The Hall–Kier alpha value is -3.93. The summed E-state index contributed by atoms with van der Waals surface area (Å²) >= 11 is 0. The van der Waals surface area contributed by atoms with Gasteiger partial charge < -0.3 is 24.5 Å². The molecule has 36 heavy (non-hydrogen) atoms. The van der Waals surface area contributed by atoms with Gasteiger partial charge in [-0.2, -0.15) is 0 Å². The number of carbonyl (C=O) groups excluding carboxylic acids is 1. The topological polar surface area (TPSA) is 72.6 Å². The van der Waals surface area contributed by atoms with Crippen molar-refractivity contribution in [3.63, 3.8) is 0 Å². The lowest BCUT2D eigenvalue weighted by Gasteiger charge is -2.18. The Bertz CT molecular complexity index is 1330. The van der Waals surface area contributed by atoms with Crippen LogP contribution < -0.4 is 19.5 Å². The molecule has 0 aliphatic heterocycles. The van der Waals surface area contributed by atoms with E-state index in [9.17, 15) is 4.79 Å². The number of aryl methyl sites for hydroxylation is 1. The molecular weight excluding hydrogens is 452 g/mol. The zero-order chi connectivity index (χ0) is 25.5. The standard InChI is InChI=1S/C30H34N2O4/c1-5-21-8-7-11-24-26(19-32-30(21)24)25(22-9-6-10-23(17-22)34-2)18-29(33)31-15-14-20-12-13-27(35-3)28(16-20)36-4/h6-13,16-17,19,25,32H,5,14-15,18H2,1-4H3,(H,31,33)/t25-/m0/s1. The lowest BCUT2D eigenvalue weighted by molar-refractivity contribution is -0.121. The minimum Gasteiger partial charge on any atom is -0.497 e. The fourth-order valence-corrected chi connectivity index (χ4v) is 4.73. The predicted molar refractivity (Wildman–Crippen MR) is 143 cm³/mol. The molecule has 0 fully saturated rings. The molecule has 0 bridgehead atoms. The van der Waals surface area contributed by atoms with Crippen molar-refractivity contribution in [2.75, 3.05) is 27.9 Å². The van der Waals surface area contributed by atoms with Crippen LogP contribution in [0.25, 0.3) is 10.9 Å². The summed E-state index contributed by atoms with van der Waals surface area (Å²) in [4.78, 5) is 16.6. The van der Waals surface area contributed by atoms with Crippen LogP contribution in [0.5, 0.6) is 17.2 Å². The number of methoxy groups -OCH3 is 3. The Labute approximate surface area is 212 Å². The van der Waals surface area contributed by atoms with E-state index in [1.807, 2.05) is 42.6 Å². The van der Waals surface area contributed by atoms with Gasteiger partial charge in [0.25, 0.3) is 0 Å². The first-order valence-corrected chi connectivity index (χ1v) is 12.3. The van der Waals surface area contributed by atoms with Crippen molar-refractivity contribution in [1.82, 2.24) is 10.3 Å². The number of para-hydroxylation sites is 1. The van der Waals surface area contributed by atoms with Gasteiger partial charge in [-0.1, -0.05) is 43.3 Å². The average Bonchev–Trinajstić information content (AvgIpc) is 3.35. The molecule has 1 heterocycles. The molecular formula is C30H34N2O4. The van der Waals surface area contributed by atoms with E-state index >= 15 is 0 Å². The Morgan fingerprint density at radius 2 is 1.75 bits per heavy atom. The van der Waals surface area contributed by atoms with Gasteiger partial charge >= 0.3 is 0 Å². The Morgan fingerprint density at radius 3 is 2.50 bits per heavy atom. The van der Waals surface area contributed by atoms with Crippen molar-refractivity contribution in [2.24, 2.45) is 0 Å². The highest BCUT2D eigenvalue weighted by Gasteiger charge is 2.22. The minimum atomic E-state index is -0.109. The lowest BCUT2D eigenvalue weighted by atomic mass is 9.87. The van der Waals surface area contributed by atoms with E-state index in [0.29, 0.717) is 30.9 Å². The smallest absolute Gasteiger partial charge is 0.220 e. The molecule has 1 aromatic heterocycles. The molecule has 1 amide bonds. The number of amides is 1. The third kappa shape index (κ3) is 5.48. The highest BCUT2D eigenvalue weighted by molar-refractivity contribution is 5.88. The first-order valence-electron chi connectivity index (χ1n) is 12.3. The van der Waals surface area contributed by atoms with Crippen LogP contribution in [-0.2, 0) is 17.6 Å². The number of benzene rings is 3. The summed E-state index contributed by atoms with van der Waals surface area (Å²) in [5, 5.41) is 4.26. The molecule has 3 aromatic carbocycles. The second-order valence-electron chi connectivity index (χ2n) is 8.76. The van der Waals surface area contributed by atoms with Gasteiger partial charge in [0, 0.05) is 36.0 Å². The normalized spacial score (nSPS) is 11.8. The van der Waals surface area contributed by atoms with Crippen LogP contribution in [0, 0.1) is 0 Å². The molecule has 4 aromatic rings. The van der Waals surface area contributed by atoms with Crippen molar-refractivity contribution >= 4 is 16.8 Å². The summed E-state index contributed by atoms with van der Waals surface area (Å²) in [5.41, 5.74) is 5.64. The molecule has 0 unspecified atom stereocenters. The maximum atomic E-state index is 13.2. The summed E-state index contributed by atoms with van der Waals surface area (Å²) in [6, 6.07) is 20.2. The van der Waals surface area contributed by atoms with Gasteiger partial charge in [0.15, 0.2) is 11.5 Å². The van der Waals surface area contributed by atoms with E-state index < -0.39 is 0 Å². The fraction of sp³-hybridized carbons (Fsp3) is 0.300. The molecule has 4 rings (SSSR count). The summed E-state index contributed by atoms with van der Waals surface area (Å²) < 4.78 is 16.2. The number of carbonyl (C=O) groups is 1. The van der Waals surface area contributed by atoms with Crippen LogP contribution in [0.3, 0.4) is 0 Å². The SMILES string of the molecule is CCc1cccc2c([C@@H](CC(=O)NCCc3ccc(OC)c(OC)c3)c3cccc(OC)c3)c[nH]c12. The van der Waals surface area contributed by atoms with Gasteiger partial charge in [-0.15, -0.1) is 0 Å². The molecule has 1 atom stereocenters. The first-order chi connectivity index (χ1) is 17.6. The maximum absolute atomic E-state index is 13.2. The molecule has 0 aliphatic carbocycles. The number of fused-ring (bicyclic) bond motifs is 1. The quantitative estimate of drug-likeness (QED) is 0.288. The second kappa shape index (κ2) is 11.7. The minimum absolute atomic E-state index is 0.00397. The molecule has 0 radical (unpaired) electrons. The number of ether oxygens (including phenoxy) is 3. The Morgan fingerprint density at radius 1 is 0.944 bits per heavy atom. The average molecular weight is 487 g/mol. The van der Waals surface area contributed by atoms with Crippen LogP contribution in [-0.4, -0.2) is 38.8 Å². The van der Waals surface area contributed by atoms with Gasteiger partial charge in [0.2, 0.25) is 5.91 Å². The van der Waals surface area contributed by atoms with Crippen molar-refractivity contribution in [2.45, 2.75) is 32.1 Å². The van der Waals surface area contributed by atoms with E-state index in [0.717, 1.165) is 39.8 Å². The summed E-state index contributed by atoms with van der Waals surface area (Å²) in [7, 11) is 4.90. The number of aromatic nitrogens is 1. The third-order valence-electron chi connectivity index (χ3n) is 6.66. The van der Waals surface area contributed by atoms with Crippen LogP contribution in [0.2, 0.25) is 0 Å². The number of H-pyrrole nitrogens is 1. The molecule has 0 saturated carbocycles. The summed E-state index contributed by atoms with van der Waals surface area (Å²) in [6.45, 7) is 2.69. The van der Waals surface area contributed by atoms with Crippen molar-refractivity contribution in [1.29, 1.82) is 0 Å². The molecule has 0 aliphatic rings.